The lowest BCUT2D eigenvalue weighted by molar-refractivity contribution is -0.118. The van der Waals surface area contributed by atoms with Crippen molar-refractivity contribution in [1.82, 2.24) is 15.1 Å². The highest BCUT2D eigenvalue weighted by molar-refractivity contribution is 6.33. The number of anilines is 2. The molecule has 0 bridgehead atoms. The maximum absolute atomic E-state index is 13.0. The number of methoxy groups -OCH3 is 2. The Kier molecular flexibility index (Phi) is 10.4. The van der Waals surface area contributed by atoms with Gasteiger partial charge in [-0.05, 0) is 56.6 Å². The Balaban J connectivity index is 1.26. The van der Waals surface area contributed by atoms with Gasteiger partial charge in [-0.2, -0.15) is 0 Å². The number of esters is 1. The number of hydrogen-bond donors (Lipinski definition) is 3. The highest BCUT2D eigenvalue weighted by Crippen LogP contribution is 2.29. The molecule has 2 saturated heterocycles. The van der Waals surface area contributed by atoms with E-state index in [2.05, 4.69) is 22.6 Å². The molecule has 4 rings (SSSR count). The molecule has 2 heterocycles. The van der Waals surface area contributed by atoms with Crippen molar-refractivity contribution in [1.29, 1.82) is 0 Å². The Morgan fingerprint density at radius 1 is 1.05 bits per heavy atom. The summed E-state index contributed by atoms with van der Waals surface area (Å²) < 4.78 is 16.6. The summed E-state index contributed by atoms with van der Waals surface area (Å²) in [5, 5.41) is 6.15. The van der Waals surface area contributed by atoms with Crippen molar-refractivity contribution in [2.45, 2.75) is 37.5 Å². The van der Waals surface area contributed by atoms with Gasteiger partial charge in [-0.3, -0.25) is 14.5 Å². The zero-order valence-electron chi connectivity index (χ0n) is 23.7. The van der Waals surface area contributed by atoms with Gasteiger partial charge in [0.2, 0.25) is 5.91 Å². The third-order valence-corrected chi connectivity index (χ3v) is 7.86. The number of rotatable bonds is 9. The first kappa shape index (κ1) is 30.6. The molecule has 0 aromatic heterocycles. The molecule has 222 valence electrons. The summed E-state index contributed by atoms with van der Waals surface area (Å²) in [6.07, 6.45) is 1.85. The van der Waals surface area contributed by atoms with E-state index in [1.807, 2.05) is 4.90 Å². The molecule has 2 fully saturated rings. The molecule has 2 amide bonds. The predicted molar refractivity (Wildman–Crippen MR) is 157 cm³/mol. The Morgan fingerprint density at radius 2 is 1.76 bits per heavy atom. The zero-order chi connectivity index (χ0) is 29.5. The fourth-order valence-electron chi connectivity index (χ4n) is 5.11. The molecule has 0 unspecified atom stereocenters. The highest BCUT2D eigenvalue weighted by Gasteiger charge is 2.32. The van der Waals surface area contributed by atoms with E-state index in [9.17, 15) is 14.4 Å². The Bertz CT molecular complexity index is 1230. The fraction of sp³-hybridized carbons (Fsp3) is 0.483. The van der Waals surface area contributed by atoms with Gasteiger partial charge in [-0.1, -0.05) is 11.6 Å². The van der Waals surface area contributed by atoms with E-state index in [1.54, 1.807) is 31.4 Å². The van der Waals surface area contributed by atoms with Crippen LogP contribution >= 0.6 is 11.6 Å². The van der Waals surface area contributed by atoms with E-state index in [1.165, 1.54) is 19.2 Å². The quantitative estimate of drug-likeness (QED) is 0.299. The topological polar surface area (TPSA) is 135 Å². The summed E-state index contributed by atoms with van der Waals surface area (Å²) in [4.78, 5) is 42.5. The molecule has 11 nitrogen and oxygen atoms in total. The monoisotopic (exact) mass is 587 g/mol. The molecule has 0 spiro atoms. The lowest BCUT2D eigenvalue weighted by Gasteiger charge is -2.37. The number of benzene rings is 2. The molecule has 2 aliphatic heterocycles. The summed E-state index contributed by atoms with van der Waals surface area (Å²) >= 11 is 6.12. The maximum Gasteiger partial charge on any atom is 0.338 e. The molecule has 2 aromatic carbocycles. The van der Waals surface area contributed by atoms with Crippen LogP contribution in [0, 0.1) is 0 Å². The highest BCUT2D eigenvalue weighted by atomic mass is 35.5. The number of carbonyl (C=O) groups excluding carboxylic acids is 3. The van der Waals surface area contributed by atoms with Crippen LogP contribution in [0.4, 0.5) is 11.4 Å². The SMILES string of the molecule is COc1cc(N)c(Cl)cc1C(=O)N[C@@H]1CCN(CC(=O)Nc2ccc(C(=O)OC3CCN(C)CC3)cc2)C[C@@H]1OC. The fourth-order valence-corrected chi connectivity index (χ4v) is 5.27. The van der Waals surface area contributed by atoms with Gasteiger partial charge in [0, 0.05) is 45.0 Å². The lowest BCUT2D eigenvalue weighted by atomic mass is 10.0. The first-order valence-corrected chi connectivity index (χ1v) is 14.0. The van der Waals surface area contributed by atoms with Crippen LogP contribution < -0.4 is 21.1 Å². The zero-order valence-corrected chi connectivity index (χ0v) is 24.4. The average Bonchev–Trinajstić information content (AvgIpc) is 2.96. The van der Waals surface area contributed by atoms with Gasteiger partial charge in [-0.25, -0.2) is 4.79 Å². The summed E-state index contributed by atoms with van der Waals surface area (Å²) in [7, 11) is 5.09. The Hall–Kier alpha value is -3.38. The molecule has 2 atom stereocenters. The molecule has 41 heavy (non-hydrogen) atoms. The van der Waals surface area contributed by atoms with E-state index in [0.29, 0.717) is 42.2 Å². The van der Waals surface area contributed by atoms with Crippen molar-refractivity contribution in [3.63, 3.8) is 0 Å². The van der Waals surface area contributed by atoms with Gasteiger partial charge in [0.1, 0.15) is 11.9 Å². The number of hydrogen-bond acceptors (Lipinski definition) is 9. The third kappa shape index (κ3) is 8.10. The number of nitrogens with one attached hydrogen (secondary N) is 2. The van der Waals surface area contributed by atoms with Gasteiger partial charge in [0.25, 0.3) is 5.91 Å². The first-order chi connectivity index (χ1) is 19.7. The standard InChI is InChI=1S/C29H38ClN5O6/c1-34-11-8-20(9-12-34)41-29(38)18-4-6-19(7-5-18)32-27(36)17-35-13-10-24(26(16-35)40-3)33-28(37)21-14-22(30)23(31)15-25(21)39-2/h4-7,14-15,20,24,26H,8-13,16-17,31H2,1-3H3,(H,32,36)(H,33,37)/t24-,26+/m1/s1. The van der Waals surface area contributed by atoms with Crippen LogP contribution in [0.15, 0.2) is 36.4 Å². The molecule has 2 aromatic rings. The van der Waals surface area contributed by atoms with Crippen LogP contribution in [-0.2, 0) is 14.3 Å². The maximum atomic E-state index is 13.0. The third-order valence-electron chi connectivity index (χ3n) is 7.54. The van der Waals surface area contributed by atoms with E-state index < -0.39 is 0 Å². The second kappa shape index (κ2) is 14.0. The minimum Gasteiger partial charge on any atom is -0.496 e. The van der Waals surface area contributed by atoms with Crippen molar-refractivity contribution in [3.05, 3.63) is 52.5 Å². The van der Waals surface area contributed by atoms with Crippen LogP contribution in [0.3, 0.4) is 0 Å². The van der Waals surface area contributed by atoms with E-state index in [0.717, 1.165) is 25.9 Å². The number of carbonyl (C=O) groups is 3. The summed E-state index contributed by atoms with van der Waals surface area (Å²) in [6.45, 7) is 3.01. The van der Waals surface area contributed by atoms with Crippen molar-refractivity contribution in [2.75, 3.05) is 65.0 Å². The van der Waals surface area contributed by atoms with Crippen LogP contribution in [0.5, 0.6) is 5.75 Å². The second-order valence-electron chi connectivity index (χ2n) is 10.5. The van der Waals surface area contributed by atoms with Crippen molar-refractivity contribution in [2.24, 2.45) is 0 Å². The van der Waals surface area contributed by atoms with Gasteiger partial charge < -0.3 is 35.5 Å². The average molecular weight is 588 g/mol. The molecular formula is C29H38ClN5O6. The summed E-state index contributed by atoms with van der Waals surface area (Å²) in [5.74, 6) is -0.559. The molecule has 4 N–H and O–H groups in total. The Morgan fingerprint density at radius 3 is 2.41 bits per heavy atom. The summed E-state index contributed by atoms with van der Waals surface area (Å²) in [5.41, 5.74) is 7.47. The Labute approximate surface area is 245 Å². The van der Waals surface area contributed by atoms with Gasteiger partial charge >= 0.3 is 5.97 Å². The van der Waals surface area contributed by atoms with Gasteiger partial charge in [0.15, 0.2) is 0 Å². The minimum absolute atomic E-state index is 0.0644. The predicted octanol–water partition coefficient (Wildman–Crippen LogP) is 2.64. The number of amides is 2. The van der Waals surface area contributed by atoms with E-state index >= 15 is 0 Å². The first-order valence-electron chi connectivity index (χ1n) is 13.6. The number of nitrogens with two attached hydrogens (primary N) is 1. The van der Waals surface area contributed by atoms with Crippen LogP contribution in [0.2, 0.25) is 5.02 Å². The summed E-state index contributed by atoms with van der Waals surface area (Å²) in [6, 6.07) is 9.44. The largest absolute Gasteiger partial charge is 0.496 e. The number of nitrogen functional groups attached to an aromatic ring is 1. The number of ether oxygens (including phenoxy) is 3. The lowest BCUT2D eigenvalue weighted by Crippen LogP contribution is -2.55. The van der Waals surface area contributed by atoms with Crippen LogP contribution in [0.1, 0.15) is 40.0 Å². The minimum atomic E-state index is -0.351. The van der Waals surface area contributed by atoms with E-state index in [-0.39, 0.29) is 53.2 Å². The molecule has 0 saturated carbocycles. The molecule has 12 heteroatoms. The van der Waals surface area contributed by atoms with Crippen molar-refractivity contribution < 1.29 is 28.6 Å². The molecular weight excluding hydrogens is 550 g/mol. The number of piperidine rings is 2. The van der Waals surface area contributed by atoms with Gasteiger partial charge in [0.05, 0.1) is 47.6 Å². The van der Waals surface area contributed by atoms with Crippen molar-refractivity contribution in [3.8, 4) is 5.75 Å². The van der Waals surface area contributed by atoms with Gasteiger partial charge in [-0.15, -0.1) is 0 Å². The number of halogens is 1. The van der Waals surface area contributed by atoms with Crippen LogP contribution in [0.25, 0.3) is 0 Å². The number of likely N-dealkylation sites (tertiary alicyclic amines) is 2. The van der Waals surface area contributed by atoms with E-state index in [4.69, 9.17) is 31.5 Å². The second-order valence-corrected chi connectivity index (χ2v) is 10.9. The smallest absolute Gasteiger partial charge is 0.338 e. The van der Waals surface area contributed by atoms with Crippen LogP contribution in [-0.4, -0.2) is 99.8 Å². The molecule has 0 aliphatic carbocycles. The van der Waals surface area contributed by atoms with Crippen molar-refractivity contribution >= 4 is 40.8 Å². The number of nitrogens with zero attached hydrogens (tertiary/aromatic N) is 2. The molecule has 2 aliphatic rings. The molecule has 0 radical (unpaired) electrons. The normalized spacial score (nSPS) is 20.3.